The number of anilines is 1. The second-order valence-corrected chi connectivity index (χ2v) is 7.17. The summed E-state index contributed by atoms with van der Waals surface area (Å²) < 4.78 is 43.5. The maximum Gasteiger partial charge on any atom is 0.471 e. The number of hydrogen-bond donors (Lipinski definition) is 3. The molecule has 1 aromatic rings. The summed E-state index contributed by atoms with van der Waals surface area (Å²) in [6, 6.07) is -0.568. The fraction of sp³-hybridized carbons (Fsp3) is 0.579. The van der Waals surface area contributed by atoms with Crippen LogP contribution in [0.3, 0.4) is 0 Å². The smallest absolute Gasteiger partial charge is 0.396 e. The molecule has 186 valence electrons. The van der Waals surface area contributed by atoms with Crippen molar-refractivity contribution in [2.45, 2.75) is 45.5 Å². The Morgan fingerprint density at radius 3 is 2.65 bits per heavy atom. The molecule has 0 spiro atoms. The van der Waals surface area contributed by atoms with Gasteiger partial charge in [0.05, 0.1) is 18.2 Å². The third kappa shape index (κ3) is 9.10. The van der Waals surface area contributed by atoms with Gasteiger partial charge in [0, 0.05) is 36.6 Å². The lowest BCUT2D eigenvalue weighted by molar-refractivity contribution is -0.173. The number of hydrogen-bond acceptors (Lipinski definition) is 7. The van der Waals surface area contributed by atoms with Crippen LogP contribution < -0.4 is 16.3 Å². The quantitative estimate of drug-likeness (QED) is 0.195. The van der Waals surface area contributed by atoms with Gasteiger partial charge in [-0.15, -0.1) is 0 Å². The van der Waals surface area contributed by atoms with Gasteiger partial charge < -0.3 is 20.5 Å². The molecule has 0 radical (unpaired) electrons. The van der Waals surface area contributed by atoms with Crippen molar-refractivity contribution in [1.29, 1.82) is 0 Å². The molecule has 12 nitrogen and oxygen atoms in total. The summed E-state index contributed by atoms with van der Waals surface area (Å²) in [4.78, 5) is 41.2. The van der Waals surface area contributed by atoms with Crippen LogP contribution in [0.5, 0.6) is 0 Å². The molecule has 0 aliphatic heterocycles. The van der Waals surface area contributed by atoms with Gasteiger partial charge in [0.15, 0.2) is 5.82 Å². The molecule has 1 rings (SSSR count). The van der Waals surface area contributed by atoms with Gasteiger partial charge >= 0.3 is 17.8 Å². The Morgan fingerprint density at radius 2 is 2.09 bits per heavy atom. The maximum atomic E-state index is 12.5. The Kier molecular flexibility index (Phi) is 11.0. The van der Waals surface area contributed by atoms with E-state index in [2.05, 4.69) is 32.2 Å². The second kappa shape index (κ2) is 13.2. The van der Waals surface area contributed by atoms with E-state index < -0.39 is 42.4 Å². The zero-order valence-corrected chi connectivity index (χ0v) is 18.6. The first kappa shape index (κ1) is 28.4. The highest BCUT2D eigenvalue weighted by atomic mass is 19.4. The highest BCUT2D eigenvalue weighted by Crippen LogP contribution is 2.21. The van der Waals surface area contributed by atoms with Crippen molar-refractivity contribution in [3.05, 3.63) is 32.7 Å². The van der Waals surface area contributed by atoms with Crippen LogP contribution >= 0.6 is 0 Å². The topological polar surface area (TPSA) is 171 Å². The van der Waals surface area contributed by atoms with E-state index in [4.69, 9.17) is 10.3 Å². The normalized spacial score (nSPS) is 13.5. The molecule has 0 aliphatic rings. The van der Waals surface area contributed by atoms with Crippen molar-refractivity contribution in [1.82, 2.24) is 14.9 Å². The number of aliphatic hydroxyl groups excluding tert-OH is 1. The van der Waals surface area contributed by atoms with Crippen LogP contribution in [0, 0.1) is 17.8 Å². The Morgan fingerprint density at radius 1 is 1.41 bits per heavy atom. The lowest BCUT2D eigenvalue weighted by Crippen LogP contribution is -2.36. The average Bonchev–Trinajstić information content (AvgIpc) is 2.75. The fourth-order valence-corrected chi connectivity index (χ4v) is 2.69. The predicted octanol–water partition coefficient (Wildman–Crippen LogP) is 1.46. The third-order valence-electron chi connectivity index (χ3n) is 4.44. The van der Waals surface area contributed by atoms with Crippen molar-refractivity contribution in [2.75, 3.05) is 25.2 Å². The van der Waals surface area contributed by atoms with Crippen molar-refractivity contribution >= 4 is 17.6 Å². The number of carbonyl (C=O) groups excluding carboxylic acids is 2. The number of nitrogens with one attached hydrogen (secondary N) is 2. The van der Waals surface area contributed by atoms with Gasteiger partial charge in [0.25, 0.3) is 0 Å². The largest absolute Gasteiger partial charge is 0.471 e. The average molecular weight is 487 g/mol. The predicted molar refractivity (Wildman–Crippen MR) is 113 cm³/mol. The van der Waals surface area contributed by atoms with Crippen molar-refractivity contribution in [3.8, 4) is 11.8 Å². The van der Waals surface area contributed by atoms with Gasteiger partial charge in [0.2, 0.25) is 5.91 Å². The minimum Gasteiger partial charge on any atom is -0.396 e. The number of halogens is 3. The number of amides is 2. The van der Waals surface area contributed by atoms with Crippen molar-refractivity contribution in [2.24, 2.45) is 11.0 Å². The molecule has 3 unspecified atom stereocenters. The van der Waals surface area contributed by atoms with Crippen molar-refractivity contribution in [3.63, 3.8) is 0 Å². The molecule has 0 bridgehead atoms. The van der Waals surface area contributed by atoms with Gasteiger partial charge in [-0.3, -0.25) is 14.2 Å². The molecule has 0 fully saturated rings. The molecule has 1 aromatic heterocycles. The number of azide groups is 1. The van der Waals surface area contributed by atoms with Crippen LogP contribution in [0.25, 0.3) is 10.4 Å². The Hall–Kier alpha value is -3.60. The number of carbonyl (C=O) groups is 2. The standard InChI is InChI=1S/C19H24F3N7O5/c1-11(9-30)15(34-10-25-28-23)7-12(2)29-8-14(16(26-13(3)31)27-18(29)33)5-4-6-24-17(32)19(20,21)22/h8,11-12,15,30H,6-7,9-10H2,1-3H3,(H,24,32)(H,26,27,31,33). The Labute approximate surface area is 192 Å². The molecule has 0 aliphatic carbocycles. The number of ether oxygens (including phenoxy) is 1. The molecule has 34 heavy (non-hydrogen) atoms. The summed E-state index contributed by atoms with van der Waals surface area (Å²) in [5.41, 5.74) is 7.67. The Bertz CT molecular complexity index is 1040. The zero-order chi connectivity index (χ0) is 25.9. The van der Waals surface area contributed by atoms with Gasteiger partial charge in [-0.2, -0.15) is 18.2 Å². The SMILES string of the molecule is CC(=O)Nc1nc(=O)n(C(C)CC(OCN=[N+]=[N-])C(C)CO)cc1C#CCNC(=O)C(F)(F)F. The maximum absolute atomic E-state index is 12.5. The monoisotopic (exact) mass is 487 g/mol. The van der Waals surface area contributed by atoms with Gasteiger partial charge in [-0.05, 0) is 18.9 Å². The van der Waals surface area contributed by atoms with Gasteiger partial charge in [-0.25, -0.2) is 4.79 Å². The number of rotatable bonds is 10. The molecular weight excluding hydrogens is 463 g/mol. The van der Waals surface area contributed by atoms with E-state index in [9.17, 15) is 32.7 Å². The molecule has 0 saturated heterocycles. The number of alkyl halides is 3. The first-order valence-electron chi connectivity index (χ1n) is 9.88. The minimum atomic E-state index is -5.06. The molecule has 15 heteroatoms. The first-order chi connectivity index (χ1) is 15.9. The van der Waals surface area contributed by atoms with E-state index in [0.29, 0.717) is 0 Å². The van der Waals surface area contributed by atoms with E-state index in [1.54, 1.807) is 19.2 Å². The number of nitrogens with zero attached hydrogens (tertiary/aromatic N) is 5. The van der Waals surface area contributed by atoms with Gasteiger partial charge in [-0.1, -0.05) is 23.9 Å². The summed E-state index contributed by atoms with van der Waals surface area (Å²) in [7, 11) is 0. The molecule has 0 aromatic carbocycles. The highest BCUT2D eigenvalue weighted by Gasteiger charge is 2.38. The van der Waals surface area contributed by atoms with Crippen LogP contribution in [0.15, 0.2) is 16.1 Å². The van der Waals surface area contributed by atoms with Crippen molar-refractivity contribution < 1.29 is 32.6 Å². The molecule has 3 N–H and O–H groups in total. The van der Waals surface area contributed by atoms with Crippen LogP contribution in [0.1, 0.15) is 38.8 Å². The van der Waals surface area contributed by atoms with Crippen LogP contribution in [-0.4, -0.2) is 58.6 Å². The van der Waals surface area contributed by atoms with E-state index in [0.717, 1.165) is 0 Å². The molecule has 0 saturated carbocycles. The lowest BCUT2D eigenvalue weighted by Gasteiger charge is -2.26. The second-order valence-electron chi connectivity index (χ2n) is 7.17. The van der Waals surface area contributed by atoms with E-state index >= 15 is 0 Å². The molecular formula is C19H24F3N7O5. The van der Waals surface area contributed by atoms with E-state index in [1.807, 2.05) is 0 Å². The molecule has 1 heterocycles. The number of aromatic nitrogens is 2. The lowest BCUT2D eigenvalue weighted by atomic mass is 9.99. The first-order valence-corrected chi connectivity index (χ1v) is 9.88. The Balaban J connectivity index is 3.21. The van der Waals surface area contributed by atoms with Crippen LogP contribution in [0.2, 0.25) is 0 Å². The summed E-state index contributed by atoms with van der Waals surface area (Å²) in [6.45, 7) is 3.35. The minimum absolute atomic E-state index is 0.0182. The van der Waals surface area contributed by atoms with E-state index in [-0.39, 0.29) is 37.1 Å². The highest BCUT2D eigenvalue weighted by molar-refractivity contribution is 5.88. The van der Waals surface area contributed by atoms with Crippen LogP contribution in [-0.2, 0) is 14.3 Å². The fourth-order valence-electron chi connectivity index (χ4n) is 2.69. The summed E-state index contributed by atoms with van der Waals surface area (Å²) in [6.07, 6.45) is -4.20. The zero-order valence-electron chi connectivity index (χ0n) is 18.6. The summed E-state index contributed by atoms with van der Waals surface area (Å²) >= 11 is 0. The molecule has 3 atom stereocenters. The van der Waals surface area contributed by atoms with E-state index in [1.165, 1.54) is 17.7 Å². The third-order valence-corrected chi connectivity index (χ3v) is 4.44. The summed E-state index contributed by atoms with van der Waals surface area (Å²) in [5.74, 6) is 1.51. The number of aliphatic hydroxyl groups is 1. The molecule has 2 amide bonds. The summed E-state index contributed by atoms with van der Waals surface area (Å²) in [5, 5.41) is 16.6. The van der Waals surface area contributed by atoms with Crippen LogP contribution in [0.4, 0.5) is 19.0 Å². The van der Waals surface area contributed by atoms with Gasteiger partial charge in [0.1, 0.15) is 6.73 Å².